The molecule has 1 unspecified atom stereocenters. The van der Waals surface area contributed by atoms with Crippen molar-refractivity contribution in [1.29, 1.82) is 0 Å². The molecule has 3 N–H and O–H groups in total. The van der Waals surface area contributed by atoms with E-state index in [1.807, 2.05) is 0 Å². The summed E-state index contributed by atoms with van der Waals surface area (Å²) in [6, 6.07) is 0. The van der Waals surface area contributed by atoms with E-state index in [2.05, 4.69) is 9.80 Å². The predicted octanol–water partition coefficient (Wildman–Crippen LogP) is -2.02. The second-order valence-electron chi connectivity index (χ2n) is 4.93. The molecule has 2 aliphatic rings. The number of hydrogen-bond acceptors (Lipinski definition) is 7. The summed E-state index contributed by atoms with van der Waals surface area (Å²) >= 11 is 0. The van der Waals surface area contributed by atoms with Crippen LogP contribution in [0.5, 0.6) is 0 Å². The van der Waals surface area contributed by atoms with Crippen molar-refractivity contribution >= 4 is 0 Å². The third-order valence-corrected chi connectivity index (χ3v) is 3.30. The van der Waals surface area contributed by atoms with Gasteiger partial charge in [-0.15, -0.1) is 0 Å². The van der Waals surface area contributed by atoms with Crippen LogP contribution in [0.25, 0.3) is 0 Å². The first-order chi connectivity index (χ1) is 9.76. The van der Waals surface area contributed by atoms with Gasteiger partial charge >= 0.3 is 0 Å². The Labute approximate surface area is 120 Å². The SMILES string of the molecule is OCC(O)CN1CCOCC1.OCCN1CCOCC1. The lowest BCUT2D eigenvalue weighted by Gasteiger charge is -2.27. The standard InChI is InChI=1S/C7H15NO3.C6H13NO2/c9-6-7(10)5-8-1-3-11-4-2-8;8-4-1-7-2-5-9-6-3-7/h7,9-10H,1-6H2;8H,1-6H2. The van der Waals surface area contributed by atoms with Gasteiger partial charge in [0.2, 0.25) is 0 Å². The molecule has 2 saturated heterocycles. The molecule has 0 aromatic rings. The number of morpholine rings is 2. The molecule has 2 aliphatic heterocycles. The molecule has 0 radical (unpaired) electrons. The molecule has 1 atom stereocenters. The predicted molar refractivity (Wildman–Crippen MR) is 74.7 cm³/mol. The normalized spacial score (nSPS) is 22.9. The molecule has 120 valence electrons. The average Bonchev–Trinajstić information content (AvgIpc) is 2.50. The highest BCUT2D eigenvalue weighted by molar-refractivity contribution is 4.66. The Morgan fingerprint density at radius 1 is 0.850 bits per heavy atom. The number of rotatable bonds is 5. The monoisotopic (exact) mass is 292 g/mol. The van der Waals surface area contributed by atoms with Gasteiger partial charge < -0.3 is 24.8 Å². The maximum Gasteiger partial charge on any atom is 0.0897 e. The molecule has 0 spiro atoms. The Hall–Kier alpha value is -0.280. The fraction of sp³-hybridized carbons (Fsp3) is 1.00. The van der Waals surface area contributed by atoms with E-state index in [4.69, 9.17) is 24.8 Å². The maximum atomic E-state index is 9.08. The summed E-state index contributed by atoms with van der Waals surface area (Å²) in [6.45, 7) is 8.23. The minimum absolute atomic E-state index is 0.155. The Balaban J connectivity index is 0.000000204. The van der Waals surface area contributed by atoms with E-state index in [0.717, 1.165) is 59.2 Å². The number of β-amino-alcohol motifs (C(OH)–C–C–N with tert-alkyl or cyclic N) is 2. The van der Waals surface area contributed by atoms with Gasteiger partial charge in [-0.3, -0.25) is 9.80 Å². The van der Waals surface area contributed by atoms with Gasteiger partial charge in [-0.2, -0.15) is 0 Å². The maximum absolute atomic E-state index is 9.08. The van der Waals surface area contributed by atoms with Crippen LogP contribution in [-0.2, 0) is 9.47 Å². The molecule has 20 heavy (non-hydrogen) atoms. The highest BCUT2D eigenvalue weighted by Gasteiger charge is 2.13. The van der Waals surface area contributed by atoms with Crippen molar-refractivity contribution in [3.63, 3.8) is 0 Å². The van der Waals surface area contributed by atoms with E-state index >= 15 is 0 Å². The van der Waals surface area contributed by atoms with Crippen LogP contribution in [0.15, 0.2) is 0 Å². The molecule has 0 bridgehead atoms. The minimum atomic E-state index is -0.604. The molecule has 0 saturated carbocycles. The van der Waals surface area contributed by atoms with Crippen LogP contribution < -0.4 is 0 Å². The minimum Gasteiger partial charge on any atom is -0.395 e. The number of aliphatic hydroxyl groups is 3. The average molecular weight is 292 g/mol. The third kappa shape index (κ3) is 8.11. The van der Waals surface area contributed by atoms with Crippen molar-refractivity contribution in [2.45, 2.75) is 6.10 Å². The Kier molecular flexibility index (Phi) is 10.1. The van der Waals surface area contributed by atoms with E-state index in [-0.39, 0.29) is 13.2 Å². The van der Waals surface area contributed by atoms with Gasteiger partial charge in [0.15, 0.2) is 0 Å². The van der Waals surface area contributed by atoms with Gasteiger partial charge in [-0.25, -0.2) is 0 Å². The summed E-state index contributed by atoms with van der Waals surface area (Å²) in [6.07, 6.45) is -0.604. The Bertz CT molecular complexity index is 218. The van der Waals surface area contributed by atoms with E-state index in [1.165, 1.54) is 0 Å². The van der Waals surface area contributed by atoms with Gasteiger partial charge in [0.25, 0.3) is 0 Å². The van der Waals surface area contributed by atoms with E-state index in [0.29, 0.717) is 6.54 Å². The molecular formula is C13H28N2O5. The first-order valence-electron chi connectivity index (χ1n) is 7.26. The van der Waals surface area contributed by atoms with Crippen LogP contribution in [0.4, 0.5) is 0 Å². The quantitative estimate of drug-likeness (QED) is 0.539. The lowest BCUT2D eigenvalue weighted by molar-refractivity contribution is 0.00170. The highest BCUT2D eigenvalue weighted by atomic mass is 16.5. The molecule has 0 amide bonds. The van der Waals surface area contributed by atoms with E-state index in [1.54, 1.807) is 0 Å². The molecule has 2 rings (SSSR count). The number of hydrogen-bond donors (Lipinski definition) is 3. The summed E-state index contributed by atoms with van der Waals surface area (Å²) in [7, 11) is 0. The second kappa shape index (κ2) is 11.4. The summed E-state index contributed by atoms with van der Waals surface area (Å²) < 4.78 is 10.3. The Morgan fingerprint density at radius 3 is 1.80 bits per heavy atom. The van der Waals surface area contributed by atoms with Crippen molar-refractivity contribution in [1.82, 2.24) is 9.80 Å². The fourth-order valence-electron chi connectivity index (χ4n) is 2.11. The van der Waals surface area contributed by atoms with Crippen molar-refractivity contribution < 1.29 is 24.8 Å². The molecule has 0 aromatic carbocycles. The van der Waals surface area contributed by atoms with Crippen LogP contribution in [0, 0.1) is 0 Å². The highest BCUT2D eigenvalue weighted by Crippen LogP contribution is 1.97. The van der Waals surface area contributed by atoms with Crippen LogP contribution in [0.2, 0.25) is 0 Å². The largest absolute Gasteiger partial charge is 0.395 e. The lowest BCUT2D eigenvalue weighted by atomic mass is 10.3. The van der Waals surface area contributed by atoms with E-state index < -0.39 is 6.10 Å². The summed E-state index contributed by atoms with van der Waals surface area (Å²) in [5.41, 5.74) is 0. The first kappa shape index (κ1) is 17.8. The topological polar surface area (TPSA) is 85.6 Å². The zero-order chi connectivity index (χ0) is 14.6. The van der Waals surface area contributed by atoms with Gasteiger partial charge in [-0.1, -0.05) is 0 Å². The summed E-state index contributed by atoms with van der Waals surface area (Å²) in [5, 5.41) is 26.2. The van der Waals surface area contributed by atoms with Crippen molar-refractivity contribution in [3.8, 4) is 0 Å². The molecule has 7 nitrogen and oxygen atoms in total. The van der Waals surface area contributed by atoms with Crippen molar-refractivity contribution in [2.75, 3.05) is 78.9 Å². The van der Waals surface area contributed by atoms with Crippen molar-refractivity contribution in [3.05, 3.63) is 0 Å². The first-order valence-corrected chi connectivity index (χ1v) is 7.26. The van der Waals surface area contributed by atoms with Crippen LogP contribution in [0.3, 0.4) is 0 Å². The number of nitrogens with zero attached hydrogens (tertiary/aromatic N) is 2. The molecular weight excluding hydrogens is 264 g/mol. The fourth-order valence-corrected chi connectivity index (χ4v) is 2.11. The molecule has 2 fully saturated rings. The molecule has 7 heteroatoms. The van der Waals surface area contributed by atoms with Gasteiger partial charge in [0.05, 0.1) is 45.7 Å². The lowest BCUT2D eigenvalue weighted by Crippen LogP contribution is -2.41. The number of ether oxygens (including phenoxy) is 2. The molecule has 0 aliphatic carbocycles. The van der Waals surface area contributed by atoms with E-state index in [9.17, 15) is 0 Å². The summed E-state index contributed by atoms with van der Waals surface area (Å²) in [5.74, 6) is 0. The van der Waals surface area contributed by atoms with Crippen LogP contribution in [0.1, 0.15) is 0 Å². The van der Waals surface area contributed by atoms with Gasteiger partial charge in [0, 0.05) is 39.3 Å². The third-order valence-electron chi connectivity index (χ3n) is 3.30. The zero-order valence-electron chi connectivity index (χ0n) is 12.1. The zero-order valence-corrected chi connectivity index (χ0v) is 12.1. The number of aliphatic hydroxyl groups excluding tert-OH is 3. The van der Waals surface area contributed by atoms with Gasteiger partial charge in [-0.05, 0) is 0 Å². The summed E-state index contributed by atoms with van der Waals surface area (Å²) in [4.78, 5) is 4.29. The smallest absolute Gasteiger partial charge is 0.0897 e. The van der Waals surface area contributed by atoms with Gasteiger partial charge in [0.1, 0.15) is 0 Å². The molecule has 2 heterocycles. The second-order valence-corrected chi connectivity index (χ2v) is 4.93. The Morgan fingerprint density at radius 2 is 1.35 bits per heavy atom. The van der Waals surface area contributed by atoms with Crippen LogP contribution >= 0.6 is 0 Å². The van der Waals surface area contributed by atoms with Crippen LogP contribution in [-0.4, -0.2) is 110 Å². The van der Waals surface area contributed by atoms with Crippen molar-refractivity contribution in [2.24, 2.45) is 0 Å². The molecule has 0 aromatic heterocycles.